The van der Waals surface area contributed by atoms with Gasteiger partial charge in [-0.2, -0.15) is 18.4 Å². The van der Waals surface area contributed by atoms with Gasteiger partial charge in [0, 0.05) is 10.4 Å². The first-order valence-electron chi connectivity index (χ1n) is 8.96. The van der Waals surface area contributed by atoms with Crippen molar-refractivity contribution in [3.63, 3.8) is 0 Å². The molecular weight excluding hydrogens is 427 g/mol. The Balaban J connectivity index is 1.85. The number of alkyl halides is 3. The second kappa shape index (κ2) is 7.40. The van der Waals surface area contributed by atoms with E-state index >= 15 is 0 Å². The van der Waals surface area contributed by atoms with Crippen LogP contribution in [0.5, 0.6) is 0 Å². The van der Waals surface area contributed by atoms with E-state index in [1.807, 2.05) is 0 Å². The highest BCUT2D eigenvalue weighted by Crippen LogP contribution is 2.52. The van der Waals surface area contributed by atoms with E-state index in [1.165, 1.54) is 6.07 Å². The molecule has 1 aromatic carbocycles. The molecule has 3 aliphatic rings. The van der Waals surface area contributed by atoms with Gasteiger partial charge in [-0.3, -0.25) is 9.52 Å². The summed E-state index contributed by atoms with van der Waals surface area (Å²) in [6, 6.07) is 5.72. The number of carbonyl (C=O) groups is 1. The van der Waals surface area contributed by atoms with Crippen molar-refractivity contribution in [1.82, 2.24) is 5.32 Å². The molecule has 1 amide bonds. The monoisotopic (exact) mass is 447 g/mol. The topological polar surface area (TPSA) is 99.1 Å². The quantitative estimate of drug-likeness (QED) is 0.665. The number of thioether (sulfide) groups is 1. The molecule has 0 unspecified atom stereocenters. The lowest BCUT2D eigenvalue weighted by atomic mass is 9.58. The number of hydrogen-bond donors (Lipinski definition) is 2. The van der Waals surface area contributed by atoms with Gasteiger partial charge < -0.3 is 5.32 Å². The van der Waals surface area contributed by atoms with E-state index in [0.717, 1.165) is 18.4 Å². The molecule has 0 atom stereocenters. The lowest BCUT2D eigenvalue weighted by molar-refractivity contribution is -0.0328. The van der Waals surface area contributed by atoms with Crippen molar-refractivity contribution >= 4 is 33.4 Å². The van der Waals surface area contributed by atoms with Crippen molar-refractivity contribution in [3.8, 4) is 6.07 Å². The number of hydrogen-bond acceptors (Lipinski definition) is 5. The Bertz CT molecular complexity index is 946. The van der Waals surface area contributed by atoms with Crippen LogP contribution in [0.1, 0.15) is 48.9 Å². The highest BCUT2D eigenvalue weighted by atomic mass is 32.2. The van der Waals surface area contributed by atoms with E-state index in [0.29, 0.717) is 38.5 Å². The van der Waals surface area contributed by atoms with Gasteiger partial charge in [0.05, 0.1) is 29.0 Å². The predicted molar refractivity (Wildman–Crippen MR) is 103 cm³/mol. The number of rotatable bonds is 5. The third-order valence-corrected chi connectivity index (χ3v) is 6.94. The average molecular weight is 448 g/mol. The molecule has 6 nitrogen and oxygen atoms in total. The highest BCUT2D eigenvalue weighted by Gasteiger charge is 2.49. The van der Waals surface area contributed by atoms with Crippen LogP contribution in [0.3, 0.4) is 0 Å². The van der Waals surface area contributed by atoms with E-state index in [1.54, 1.807) is 0 Å². The lowest BCUT2D eigenvalue weighted by Gasteiger charge is -2.50. The fourth-order valence-corrected chi connectivity index (χ4v) is 5.20. The molecule has 3 aliphatic carbocycles. The van der Waals surface area contributed by atoms with Crippen LogP contribution in [-0.4, -0.2) is 31.6 Å². The third kappa shape index (κ3) is 5.17. The normalized spacial score (nSPS) is 26.6. The first-order chi connectivity index (χ1) is 13.3. The summed E-state index contributed by atoms with van der Waals surface area (Å²) >= 11 is -0.388. The van der Waals surface area contributed by atoms with Gasteiger partial charge in [-0.15, -0.1) is 0 Å². The van der Waals surface area contributed by atoms with Crippen molar-refractivity contribution in [1.29, 1.82) is 5.26 Å². The zero-order chi connectivity index (χ0) is 21.5. The van der Waals surface area contributed by atoms with E-state index in [9.17, 15) is 31.6 Å². The molecule has 0 spiro atoms. The third-order valence-electron chi connectivity index (χ3n) is 5.63. The maximum Gasteiger partial charge on any atom is 0.446 e. The predicted octanol–water partition coefficient (Wildman–Crippen LogP) is 4.02. The van der Waals surface area contributed by atoms with Gasteiger partial charge in [-0.05, 0) is 68.5 Å². The zero-order valence-corrected chi connectivity index (χ0v) is 17.2. The molecule has 0 heterocycles. The van der Waals surface area contributed by atoms with Crippen LogP contribution in [0.25, 0.3) is 0 Å². The van der Waals surface area contributed by atoms with Gasteiger partial charge in [-0.1, -0.05) is 0 Å². The van der Waals surface area contributed by atoms with Gasteiger partial charge in [-0.25, -0.2) is 8.42 Å². The Kier molecular flexibility index (Phi) is 5.55. The Morgan fingerprint density at radius 1 is 1.17 bits per heavy atom. The van der Waals surface area contributed by atoms with Gasteiger partial charge in [0.25, 0.3) is 5.91 Å². The number of nitrogens with zero attached hydrogens (tertiary/aromatic N) is 1. The number of carbonyl (C=O) groups excluding carboxylic acids is 1. The Morgan fingerprint density at radius 2 is 1.76 bits per heavy atom. The number of fused-ring (bicyclic) bond motifs is 3. The Morgan fingerprint density at radius 3 is 2.24 bits per heavy atom. The Hall–Kier alpha value is -1.93. The maximum atomic E-state index is 12.9. The fourth-order valence-electron chi connectivity index (χ4n) is 4.05. The van der Waals surface area contributed by atoms with Gasteiger partial charge in [0.2, 0.25) is 10.0 Å². The number of sulfonamides is 1. The second-order valence-electron chi connectivity index (χ2n) is 7.76. The molecule has 158 valence electrons. The molecule has 0 saturated heterocycles. The molecule has 1 aromatic rings. The number of halogens is 3. The van der Waals surface area contributed by atoms with Crippen LogP contribution < -0.4 is 10.0 Å². The zero-order valence-electron chi connectivity index (χ0n) is 15.6. The molecule has 3 fully saturated rings. The van der Waals surface area contributed by atoms with Crippen LogP contribution in [-0.2, 0) is 10.0 Å². The second-order valence-corrected chi connectivity index (χ2v) is 10.6. The number of nitriles is 1. The highest BCUT2D eigenvalue weighted by molar-refractivity contribution is 8.00. The molecule has 0 radical (unpaired) electrons. The van der Waals surface area contributed by atoms with Crippen LogP contribution >= 0.6 is 11.8 Å². The molecule has 2 N–H and O–H groups in total. The van der Waals surface area contributed by atoms with Crippen molar-refractivity contribution in [2.24, 2.45) is 5.41 Å². The van der Waals surface area contributed by atoms with E-state index in [-0.39, 0.29) is 33.3 Å². The minimum Gasteiger partial charge on any atom is -0.347 e. The summed E-state index contributed by atoms with van der Waals surface area (Å²) in [5, 5.41) is 12.3. The smallest absolute Gasteiger partial charge is 0.347 e. The molecule has 0 aromatic heterocycles. The summed E-state index contributed by atoms with van der Waals surface area (Å²) in [6.07, 6.45) is 4.83. The minimum atomic E-state index is -4.54. The van der Waals surface area contributed by atoms with E-state index in [4.69, 9.17) is 0 Å². The fraction of sp³-hybridized carbons (Fsp3) is 0.556. The number of nitrogens with one attached hydrogen (secondary N) is 2. The van der Waals surface area contributed by atoms with Crippen molar-refractivity contribution < 1.29 is 26.4 Å². The van der Waals surface area contributed by atoms with Gasteiger partial charge in [0.15, 0.2) is 0 Å². The molecule has 11 heteroatoms. The van der Waals surface area contributed by atoms with Crippen LogP contribution in [0, 0.1) is 16.7 Å². The maximum absolute atomic E-state index is 12.9. The first-order valence-corrected chi connectivity index (χ1v) is 11.7. The number of benzene rings is 1. The van der Waals surface area contributed by atoms with Crippen molar-refractivity contribution in [3.05, 3.63) is 23.8 Å². The summed E-state index contributed by atoms with van der Waals surface area (Å²) in [5.74, 6) is -0.550. The first kappa shape index (κ1) is 21.8. The Labute approximate surface area is 171 Å². The summed E-state index contributed by atoms with van der Waals surface area (Å²) in [6.45, 7) is 0. The van der Waals surface area contributed by atoms with Gasteiger partial charge in [0.1, 0.15) is 0 Å². The largest absolute Gasteiger partial charge is 0.446 e. The summed E-state index contributed by atoms with van der Waals surface area (Å²) in [4.78, 5) is 12.7. The summed E-state index contributed by atoms with van der Waals surface area (Å²) in [7, 11) is -3.81. The molecular formula is C18H20F3N3O3S2. The molecule has 4 rings (SSSR count). The van der Waals surface area contributed by atoms with Crippen LogP contribution in [0.2, 0.25) is 0 Å². The molecule has 0 aliphatic heterocycles. The summed E-state index contributed by atoms with van der Waals surface area (Å²) < 4.78 is 63.4. The number of anilines is 1. The van der Waals surface area contributed by atoms with Gasteiger partial charge >= 0.3 is 5.51 Å². The molecule has 3 saturated carbocycles. The van der Waals surface area contributed by atoms with Crippen LogP contribution in [0.4, 0.5) is 18.9 Å². The molecule has 29 heavy (non-hydrogen) atoms. The van der Waals surface area contributed by atoms with Crippen LogP contribution in [0.15, 0.2) is 23.1 Å². The van der Waals surface area contributed by atoms with E-state index in [2.05, 4.69) is 16.1 Å². The molecule has 2 bridgehead atoms. The lowest BCUT2D eigenvalue weighted by Crippen LogP contribution is -2.56. The SMILES string of the molecule is CS(=O)(=O)Nc1cc(SC(F)(F)F)ccc1C(=O)NC12CCC(C#N)(CC1)CC2. The van der Waals surface area contributed by atoms with Crippen molar-refractivity contribution in [2.75, 3.05) is 11.0 Å². The number of amides is 1. The summed E-state index contributed by atoms with van der Waals surface area (Å²) in [5.41, 5.74) is -5.58. The van der Waals surface area contributed by atoms with E-state index < -0.39 is 27.0 Å². The average Bonchev–Trinajstić information content (AvgIpc) is 2.60. The standard InChI is InChI=1S/C18H20F3N3O3S2/c1-29(26,27)24-14-10-12(28-18(19,20)21)2-3-13(14)15(25)23-17-7-4-16(11-22,5-8-17)6-9-17/h2-3,10,24H,4-9H2,1H3,(H,23,25). The van der Waals surface area contributed by atoms with Crippen molar-refractivity contribution in [2.45, 2.75) is 54.5 Å². The minimum absolute atomic E-state index is 0.0426.